The van der Waals surface area contributed by atoms with Gasteiger partial charge in [0.2, 0.25) is 5.91 Å². The van der Waals surface area contributed by atoms with Crippen molar-refractivity contribution >= 4 is 23.1 Å². The lowest BCUT2D eigenvalue weighted by Crippen LogP contribution is -2.15. The van der Waals surface area contributed by atoms with Crippen LogP contribution in [0.3, 0.4) is 0 Å². The largest absolute Gasteiger partial charge is 0.494 e. The summed E-state index contributed by atoms with van der Waals surface area (Å²) in [7, 11) is 0. The number of carbonyl (C=O) groups is 1. The molecule has 0 saturated carbocycles. The first-order valence-electron chi connectivity index (χ1n) is 7.29. The van der Waals surface area contributed by atoms with Crippen LogP contribution < -0.4 is 10.1 Å². The third-order valence-electron chi connectivity index (χ3n) is 3.13. The summed E-state index contributed by atoms with van der Waals surface area (Å²) in [4.78, 5) is 32.4. The molecular weight excluding hydrogens is 334 g/mol. The van der Waals surface area contributed by atoms with Crippen molar-refractivity contribution in [3.8, 4) is 5.75 Å². The smallest absolute Gasteiger partial charge is 0.389 e. The van der Waals surface area contributed by atoms with Crippen LogP contribution in [0, 0.1) is 20.2 Å². The summed E-state index contributed by atoms with van der Waals surface area (Å²) >= 11 is 0. The number of rotatable bonds is 8. The molecule has 1 aromatic carbocycles. The van der Waals surface area contributed by atoms with E-state index in [1.807, 2.05) is 0 Å². The lowest BCUT2D eigenvalue weighted by Gasteiger charge is -2.08. The normalized spacial score (nSPS) is 10.3. The van der Waals surface area contributed by atoms with Gasteiger partial charge in [-0.25, -0.2) is 0 Å². The van der Waals surface area contributed by atoms with Crippen LogP contribution in [0.15, 0.2) is 30.5 Å². The molecule has 0 saturated heterocycles. The Morgan fingerprint density at radius 1 is 1.28 bits per heavy atom. The zero-order valence-electron chi connectivity index (χ0n) is 13.2. The van der Waals surface area contributed by atoms with Crippen LogP contribution >= 0.6 is 0 Å². The fourth-order valence-corrected chi connectivity index (χ4v) is 2.03. The Kier molecular flexibility index (Phi) is 5.61. The van der Waals surface area contributed by atoms with E-state index < -0.39 is 15.8 Å². The number of carbonyl (C=O) groups excluding carboxylic acids is 1. The first-order valence-corrected chi connectivity index (χ1v) is 7.29. The fraction of sp³-hybridized carbons (Fsp3) is 0.286. The maximum Gasteiger partial charge on any atom is 0.389 e. The van der Waals surface area contributed by atoms with Crippen molar-refractivity contribution in [3.05, 3.63) is 50.7 Å². The van der Waals surface area contributed by atoms with Crippen molar-refractivity contribution in [2.45, 2.75) is 19.9 Å². The molecule has 0 unspecified atom stereocenters. The Bertz CT molecular complexity index is 803. The second-order valence-corrected chi connectivity index (χ2v) is 4.86. The van der Waals surface area contributed by atoms with Crippen LogP contribution in [0.5, 0.6) is 5.75 Å². The van der Waals surface area contributed by atoms with E-state index in [1.165, 1.54) is 35.1 Å². The van der Waals surface area contributed by atoms with Gasteiger partial charge in [0.1, 0.15) is 11.4 Å². The molecule has 2 rings (SSSR count). The van der Waals surface area contributed by atoms with Gasteiger partial charge in [0, 0.05) is 6.42 Å². The number of amides is 1. The molecule has 0 spiro atoms. The number of aromatic nitrogens is 2. The van der Waals surface area contributed by atoms with E-state index in [0.29, 0.717) is 12.4 Å². The molecular formula is C14H15N5O6. The lowest BCUT2D eigenvalue weighted by atomic mass is 10.2. The molecule has 2 aromatic rings. The summed E-state index contributed by atoms with van der Waals surface area (Å²) in [6, 6.07) is 5.36. The maximum atomic E-state index is 12.0. The van der Waals surface area contributed by atoms with Gasteiger partial charge in [-0.1, -0.05) is 0 Å². The van der Waals surface area contributed by atoms with Gasteiger partial charge in [0.25, 0.3) is 5.69 Å². The van der Waals surface area contributed by atoms with Gasteiger partial charge in [-0.2, -0.15) is 4.68 Å². The molecule has 1 aromatic heterocycles. The third-order valence-corrected chi connectivity index (χ3v) is 3.13. The van der Waals surface area contributed by atoms with Gasteiger partial charge in [-0.3, -0.25) is 14.9 Å². The van der Waals surface area contributed by atoms with Crippen molar-refractivity contribution in [1.82, 2.24) is 9.78 Å². The number of hydrogen-bond acceptors (Lipinski definition) is 7. The Morgan fingerprint density at radius 2 is 2.04 bits per heavy atom. The summed E-state index contributed by atoms with van der Waals surface area (Å²) in [5, 5.41) is 27.8. The highest BCUT2D eigenvalue weighted by Gasteiger charge is 2.18. The zero-order chi connectivity index (χ0) is 18.4. The van der Waals surface area contributed by atoms with E-state index in [1.54, 1.807) is 6.92 Å². The predicted octanol–water partition coefficient (Wildman–Crippen LogP) is 2.13. The van der Waals surface area contributed by atoms with E-state index in [9.17, 15) is 25.0 Å². The predicted molar refractivity (Wildman–Crippen MR) is 86.4 cm³/mol. The first-order chi connectivity index (χ1) is 11.9. The Morgan fingerprint density at radius 3 is 2.64 bits per heavy atom. The van der Waals surface area contributed by atoms with Crippen LogP contribution in [-0.4, -0.2) is 32.1 Å². The average molecular weight is 349 g/mol. The van der Waals surface area contributed by atoms with Crippen molar-refractivity contribution in [3.63, 3.8) is 0 Å². The quantitative estimate of drug-likeness (QED) is 0.568. The molecule has 1 heterocycles. The summed E-state index contributed by atoms with van der Waals surface area (Å²) in [5.41, 5.74) is -0.237. The number of benzene rings is 1. The summed E-state index contributed by atoms with van der Waals surface area (Å²) < 4.78 is 6.45. The number of nitro groups is 2. The number of nitrogens with zero attached hydrogens (tertiary/aromatic N) is 4. The van der Waals surface area contributed by atoms with Crippen LogP contribution in [0.4, 0.5) is 17.2 Å². The first kappa shape index (κ1) is 17.8. The molecule has 0 aliphatic carbocycles. The van der Waals surface area contributed by atoms with E-state index in [0.717, 1.165) is 0 Å². The molecule has 11 nitrogen and oxygen atoms in total. The highest BCUT2D eigenvalue weighted by molar-refractivity contribution is 5.93. The van der Waals surface area contributed by atoms with Crippen LogP contribution in [0.2, 0.25) is 0 Å². The fourth-order valence-electron chi connectivity index (χ4n) is 2.03. The van der Waals surface area contributed by atoms with Gasteiger partial charge in [-0.15, -0.1) is 0 Å². The van der Waals surface area contributed by atoms with Gasteiger partial charge in [0.15, 0.2) is 0 Å². The number of anilines is 1. The van der Waals surface area contributed by atoms with Gasteiger partial charge < -0.3 is 20.2 Å². The number of ether oxygens (including phenoxy) is 1. The standard InChI is InChI=1S/C14H15N5O6/c1-2-25-10-3-4-11(12(9-10)18(21)22)15-14(20)6-8-17-7-5-13(16-17)19(23)24/h3-5,7,9H,2,6,8H2,1H3,(H,15,20). The van der Waals surface area contributed by atoms with Crippen molar-refractivity contribution in [1.29, 1.82) is 0 Å². The second-order valence-electron chi connectivity index (χ2n) is 4.86. The average Bonchev–Trinajstić information content (AvgIpc) is 3.04. The van der Waals surface area contributed by atoms with E-state index in [-0.39, 0.29) is 30.2 Å². The highest BCUT2D eigenvalue weighted by Crippen LogP contribution is 2.29. The van der Waals surface area contributed by atoms with Gasteiger partial charge in [-0.05, 0) is 24.0 Å². The van der Waals surface area contributed by atoms with E-state index in [4.69, 9.17) is 4.74 Å². The molecule has 0 radical (unpaired) electrons. The molecule has 25 heavy (non-hydrogen) atoms. The maximum absolute atomic E-state index is 12.0. The van der Waals surface area contributed by atoms with Crippen molar-refractivity contribution in [2.24, 2.45) is 0 Å². The number of nitrogens with one attached hydrogen (secondary N) is 1. The van der Waals surface area contributed by atoms with E-state index in [2.05, 4.69) is 10.4 Å². The van der Waals surface area contributed by atoms with E-state index >= 15 is 0 Å². The molecule has 0 fully saturated rings. The second kappa shape index (κ2) is 7.86. The molecule has 0 atom stereocenters. The number of nitro benzene ring substituents is 1. The van der Waals surface area contributed by atoms with Crippen LogP contribution in [-0.2, 0) is 11.3 Å². The monoisotopic (exact) mass is 349 g/mol. The molecule has 1 N–H and O–H groups in total. The van der Waals surface area contributed by atoms with Gasteiger partial charge in [0.05, 0.1) is 41.5 Å². The zero-order valence-corrected chi connectivity index (χ0v) is 13.2. The Hall–Kier alpha value is -3.50. The minimum atomic E-state index is -0.639. The van der Waals surface area contributed by atoms with Crippen molar-refractivity contribution < 1.29 is 19.4 Å². The molecule has 0 aliphatic heterocycles. The van der Waals surface area contributed by atoms with Crippen LogP contribution in [0.1, 0.15) is 13.3 Å². The summed E-state index contributed by atoms with van der Waals surface area (Å²) in [6.07, 6.45) is 1.33. The number of hydrogen-bond donors (Lipinski definition) is 1. The summed E-state index contributed by atoms with van der Waals surface area (Å²) in [6.45, 7) is 2.21. The molecule has 132 valence electrons. The SMILES string of the molecule is CCOc1ccc(NC(=O)CCn2ccc([N+](=O)[O-])n2)c([N+](=O)[O-])c1. The number of aryl methyl sites for hydroxylation is 1. The van der Waals surface area contributed by atoms with Gasteiger partial charge >= 0.3 is 5.82 Å². The minimum Gasteiger partial charge on any atom is -0.494 e. The molecule has 1 amide bonds. The Labute approximate surface area is 141 Å². The molecule has 0 aliphatic rings. The Balaban J connectivity index is 2.01. The molecule has 11 heteroatoms. The third kappa shape index (κ3) is 4.73. The molecule has 0 bridgehead atoms. The van der Waals surface area contributed by atoms with Crippen molar-refractivity contribution in [2.75, 3.05) is 11.9 Å². The minimum absolute atomic E-state index is 0.0462. The lowest BCUT2D eigenvalue weighted by molar-refractivity contribution is -0.389. The topological polar surface area (TPSA) is 142 Å². The summed E-state index contributed by atoms with van der Waals surface area (Å²) in [5.74, 6) is -0.468. The van der Waals surface area contributed by atoms with Crippen LogP contribution in [0.25, 0.3) is 0 Å². The highest BCUT2D eigenvalue weighted by atomic mass is 16.6.